The fourth-order valence-corrected chi connectivity index (χ4v) is 4.05. The highest BCUT2D eigenvalue weighted by molar-refractivity contribution is 5.94. The van der Waals surface area contributed by atoms with Crippen LogP contribution in [0, 0.1) is 5.82 Å². The Bertz CT molecular complexity index is 813. The summed E-state index contributed by atoms with van der Waals surface area (Å²) in [4.78, 5) is 20.1. The minimum Gasteiger partial charge on any atom is -0.390 e. The number of halogens is 1. The number of β-amino-alcohol motifs (C(OH)–C–C–N with tert-alkyl or cyclic N) is 1. The van der Waals surface area contributed by atoms with Crippen molar-refractivity contribution in [1.29, 1.82) is 0 Å². The van der Waals surface area contributed by atoms with Gasteiger partial charge in [0.05, 0.1) is 17.9 Å². The average Bonchev–Trinajstić information content (AvgIpc) is 2.67. The number of rotatable bonds is 2. The molecular weight excluding hydrogens is 333 g/mol. The van der Waals surface area contributed by atoms with Crippen LogP contribution in [0.25, 0.3) is 0 Å². The third-order valence-electron chi connectivity index (χ3n) is 5.47. The van der Waals surface area contributed by atoms with E-state index in [1.165, 1.54) is 28.3 Å². The van der Waals surface area contributed by atoms with Crippen molar-refractivity contribution in [3.63, 3.8) is 0 Å². The highest BCUT2D eigenvalue weighted by Crippen LogP contribution is 2.26. The van der Waals surface area contributed by atoms with E-state index in [0.717, 1.165) is 25.7 Å². The number of piperidine rings is 1. The predicted octanol–water partition coefficient (Wildman–Crippen LogP) is 1.85. The van der Waals surface area contributed by atoms with Crippen molar-refractivity contribution in [2.45, 2.75) is 31.5 Å². The molecular formula is C20H22FN3O2. The second-order valence-electron chi connectivity index (χ2n) is 7.02. The Labute approximate surface area is 152 Å². The molecule has 1 amide bonds. The fraction of sp³-hybridized carbons (Fsp3) is 0.400. The summed E-state index contributed by atoms with van der Waals surface area (Å²) in [6.07, 6.45) is 3.47. The van der Waals surface area contributed by atoms with E-state index in [4.69, 9.17) is 0 Å². The lowest BCUT2D eigenvalue weighted by molar-refractivity contribution is -0.0138. The van der Waals surface area contributed by atoms with Gasteiger partial charge in [-0.1, -0.05) is 24.3 Å². The quantitative estimate of drug-likeness (QED) is 0.893. The van der Waals surface area contributed by atoms with Gasteiger partial charge in [-0.25, -0.2) is 4.39 Å². The van der Waals surface area contributed by atoms with Gasteiger partial charge in [-0.05, 0) is 30.0 Å². The topological polar surface area (TPSA) is 56.7 Å². The highest BCUT2D eigenvalue weighted by atomic mass is 19.1. The number of hydrogen-bond donors (Lipinski definition) is 1. The summed E-state index contributed by atoms with van der Waals surface area (Å²) >= 11 is 0. The minimum atomic E-state index is -0.636. The van der Waals surface area contributed by atoms with Crippen LogP contribution < -0.4 is 0 Å². The third kappa shape index (κ3) is 3.22. The zero-order valence-electron chi connectivity index (χ0n) is 14.5. The number of benzene rings is 1. The first-order chi connectivity index (χ1) is 12.6. The molecule has 2 unspecified atom stereocenters. The first kappa shape index (κ1) is 17.1. The van der Waals surface area contributed by atoms with E-state index >= 15 is 0 Å². The number of fused-ring (bicyclic) bond motifs is 1. The fourth-order valence-electron chi connectivity index (χ4n) is 4.05. The van der Waals surface area contributed by atoms with Gasteiger partial charge in [0, 0.05) is 38.4 Å². The van der Waals surface area contributed by atoms with Crippen molar-refractivity contribution in [1.82, 2.24) is 14.8 Å². The highest BCUT2D eigenvalue weighted by Gasteiger charge is 2.35. The van der Waals surface area contributed by atoms with Crippen molar-refractivity contribution in [2.24, 2.45) is 0 Å². The largest absolute Gasteiger partial charge is 0.390 e. The second-order valence-corrected chi connectivity index (χ2v) is 7.02. The van der Waals surface area contributed by atoms with Crippen molar-refractivity contribution in [3.05, 3.63) is 65.2 Å². The Hall–Kier alpha value is -2.31. The molecule has 1 saturated heterocycles. The summed E-state index contributed by atoms with van der Waals surface area (Å²) in [5.74, 6) is -1.01. The Morgan fingerprint density at radius 1 is 1.19 bits per heavy atom. The van der Waals surface area contributed by atoms with Gasteiger partial charge in [-0.3, -0.25) is 14.7 Å². The van der Waals surface area contributed by atoms with E-state index in [1.807, 2.05) is 6.07 Å². The van der Waals surface area contributed by atoms with Crippen molar-refractivity contribution < 1.29 is 14.3 Å². The molecule has 6 heteroatoms. The van der Waals surface area contributed by atoms with Crippen LogP contribution in [0.5, 0.6) is 0 Å². The van der Waals surface area contributed by atoms with E-state index in [9.17, 15) is 14.3 Å². The molecule has 1 N–H and O–H groups in total. The molecule has 0 radical (unpaired) electrons. The summed E-state index contributed by atoms with van der Waals surface area (Å²) in [6, 6.07) is 9.81. The van der Waals surface area contributed by atoms with Crippen LogP contribution >= 0.6 is 0 Å². The molecule has 0 aliphatic carbocycles. The smallest absolute Gasteiger partial charge is 0.257 e. The maximum absolute atomic E-state index is 13.8. The lowest BCUT2D eigenvalue weighted by Gasteiger charge is -2.43. The monoisotopic (exact) mass is 355 g/mol. The molecule has 0 bridgehead atoms. The molecule has 0 spiro atoms. The molecule has 26 heavy (non-hydrogen) atoms. The molecule has 0 saturated carbocycles. The summed E-state index contributed by atoms with van der Waals surface area (Å²) < 4.78 is 13.8. The number of aliphatic hydroxyl groups is 1. The Morgan fingerprint density at radius 3 is 2.77 bits per heavy atom. The Kier molecular flexibility index (Phi) is 4.70. The molecule has 5 nitrogen and oxygen atoms in total. The maximum atomic E-state index is 13.8. The van der Waals surface area contributed by atoms with E-state index in [0.29, 0.717) is 13.0 Å². The summed E-state index contributed by atoms with van der Waals surface area (Å²) in [5.41, 5.74) is 2.69. The molecule has 136 valence electrons. The van der Waals surface area contributed by atoms with E-state index in [2.05, 4.69) is 28.1 Å². The van der Waals surface area contributed by atoms with Crippen molar-refractivity contribution >= 4 is 5.91 Å². The van der Waals surface area contributed by atoms with Crippen LogP contribution in [-0.4, -0.2) is 57.6 Å². The van der Waals surface area contributed by atoms with Crippen molar-refractivity contribution in [2.75, 3.05) is 19.6 Å². The average molecular weight is 355 g/mol. The number of pyridine rings is 1. The third-order valence-corrected chi connectivity index (χ3v) is 5.47. The lowest BCUT2D eigenvalue weighted by Crippen LogP contribution is -2.56. The van der Waals surface area contributed by atoms with Crippen LogP contribution in [0.1, 0.15) is 27.9 Å². The van der Waals surface area contributed by atoms with Gasteiger partial charge < -0.3 is 10.0 Å². The first-order valence-electron chi connectivity index (χ1n) is 9.01. The van der Waals surface area contributed by atoms with Gasteiger partial charge >= 0.3 is 0 Å². The van der Waals surface area contributed by atoms with Crippen molar-refractivity contribution in [3.8, 4) is 0 Å². The molecule has 4 rings (SSSR count). The minimum absolute atomic E-state index is 0.0116. The summed E-state index contributed by atoms with van der Waals surface area (Å²) in [5, 5.41) is 10.7. The van der Waals surface area contributed by atoms with Crippen LogP contribution in [-0.2, 0) is 13.0 Å². The number of carbonyl (C=O) groups is 1. The van der Waals surface area contributed by atoms with Gasteiger partial charge in [-0.2, -0.15) is 0 Å². The lowest BCUT2D eigenvalue weighted by atomic mass is 9.94. The SMILES string of the molecule is O=C(c1ccncc1F)N1CCC(N2CCc3ccccc3C2)C(O)C1. The Morgan fingerprint density at radius 2 is 2.00 bits per heavy atom. The molecule has 1 aromatic heterocycles. The first-order valence-corrected chi connectivity index (χ1v) is 9.01. The number of hydrogen-bond acceptors (Lipinski definition) is 4. The van der Waals surface area contributed by atoms with Crippen LogP contribution in [0.15, 0.2) is 42.7 Å². The van der Waals surface area contributed by atoms with Gasteiger partial charge in [-0.15, -0.1) is 0 Å². The summed E-state index contributed by atoms with van der Waals surface area (Å²) in [6.45, 7) is 2.47. The molecule has 2 aliphatic rings. The Balaban J connectivity index is 1.43. The van der Waals surface area contributed by atoms with Crippen LogP contribution in [0.4, 0.5) is 4.39 Å². The molecule has 1 fully saturated rings. The number of aliphatic hydroxyl groups excluding tert-OH is 1. The molecule has 2 aromatic rings. The van der Waals surface area contributed by atoms with Gasteiger partial charge in [0.15, 0.2) is 5.82 Å². The number of likely N-dealkylation sites (tertiary alicyclic amines) is 1. The van der Waals surface area contributed by atoms with E-state index in [1.54, 1.807) is 0 Å². The number of carbonyl (C=O) groups excluding carboxylic acids is 1. The van der Waals surface area contributed by atoms with Gasteiger partial charge in [0.1, 0.15) is 0 Å². The molecule has 1 aromatic carbocycles. The normalized spacial score (nSPS) is 23.5. The van der Waals surface area contributed by atoms with E-state index in [-0.39, 0.29) is 24.1 Å². The predicted molar refractivity (Wildman–Crippen MR) is 95.1 cm³/mol. The van der Waals surface area contributed by atoms with Crippen LogP contribution in [0.2, 0.25) is 0 Å². The maximum Gasteiger partial charge on any atom is 0.257 e. The van der Waals surface area contributed by atoms with Crippen LogP contribution in [0.3, 0.4) is 0 Å². The van der Waals surface area contributed by atoms with Gasteiger partial charge in [0.25, 0.3) is 5.91 Å². The number of nitrogens with zero attached hydrogens (tertiary/aromatic N) is 3. The molecule has 2 atom stereocenters. The standard InChI is InChI=1S/C20H22FN3O2/c21-17-11-22-8-5-16(17)20(26)24-10-7-18(19(25)13-24)23-9-6-14-3-1-2-4-15(14)12-23/h1-5,8,11,18-19,25H,6-7,9-10,12-13H2. The number of amides is 1. The molecule has 3 heterocycles. The zero-order chi connectivity index (χ0) is 18.1. The van der Waals surface area contributed by atoms with Gasteiger partial charge in [0.2, 0.25) is 0 Å². The molecule has 2 aliphatic heterocycles. The second kappa shape index (κ2) is 7.13. The van der Waals surface area contributed by atoms with E-state index < -0.39 is 11.9 Å². The zero-order valence-corrected chi connectivity index (χ0v) is 14.5. The summed E-state index contributed by atoms with van der Waals surface area (Å²) in [7, 11) is 0. The number of aromatic nitrogens is 1.